The number of rotatable bonds is 5. The first-order valence-corrected chi connectivity index (χ1v) is 9.21. The summed E-state index contributed by atoms with van der Waals surface area (Å²) < 4.78 is 0. The lowest BCUT2D eigenvalue weighted by Crippen LogP contribution is -2.39. The molecule has 0 bridgehead atoms. The molecule has 132 valence electrons. The minimum Gasteiger partial charge on any atom is -0.342 e. The van der Waals surface area contributed by atoms with Gasteiger partial charge in [-0.15, -0.1) is 0 Å². The van der Waals surface area contributed by atoms with Gasteiger partial charge in [0, 0.05) is 36.5 Å². The summed E-state index contributed by atoms with van der Waals surface area (Å²) in [7, 11) is 0. The van der Waals surface area contributed by atoms with Crippen molar-refractivity contribution >= 4 is 17.5 Å². The van der Waals surface area contributed by atoms with E-state index in [0.717, 1.165) is 68.2 Å². The number of pyridine rings is 1. The van der Waals surface area contributed by atoms with Gasteiger partial charge < -0.3 is 10.2 Å². The lowest BCUT2D eigenvalue weighted by atomic mass is 9.92. The molecule has 2 aromatic rings. The summed E-state index contributed by atoms with van der Waals surface area (Å²) in [5, 5.41) is 10.3. The highest BCUT2D eigenvalue weighted by Gasteiger charge is 2.34. The number of hydrogen-bond donors (Lipinski definition) is 2. The molecular weight excluding hydrogens is 314 g/mol. The molecule has 0 spiro atoms. The first-order valence-electron chi connectivity index (χ1n) is 9.21. The molecule has 1 aliphatic carbocycles. The molecule has 1 amide bonds. The number of aryl methyl sites for hydroxylation is 1. The molecule has 2 N–H and O–H groups in total. The van der Waals surface area contributed by atoms with Crippen LogP contribution in [0.1, 0.15) is 37.1 Å². The second kappa shape index (κ2) is 6.86. The molecule has 3 heterocycles. The van der Waals surface area contributed by atoms with E-state index in [1.165, 1.54) is 0 Å². The molecule has 1 saturated heterocycles. The molecule has 0 atom stereocenters. The summed E-state index contributed by atoms with van der Waals surface area (Å²) in [5.74, 6) is 2.95. The third kappa shape index (κ3) is 4.00. The Hall–Kier alpha value is -2.37. The van der Waals surface area contributed by atoms with E-state index in [2.05, 4.69) is 26.5 Å². The van der Waals surface area contributed by atoms with Crippen molar-refractivity contribution < 1.29 is 4.79 Å². The molecule has 2 aromatic heterocycles. The van der Waals surface area contributed by atoms with Crippen molar-refractivity contribution in [3.63, 3.8) is 0 Å². The molecule has 0 unspecified atom stereocenters. The number of aromatic nitrogens is 3. The maximum atomic E-state index is 12.1. The van der Waals surface area contributed by atoms with Crippen LogP contribution in [0.5, 0.6) is 0 Å². The van der Waals surface area contributed by atoms with Crippen LogP contribution in [0.15, 0.2) is 24.3 Å². The van der Waals surface area contributed by atoms with Gasteiger partial charge in [0.2, 0.25) is 5.91 Å². The maximum absolute atomic E-state index is 12.1. The first-order chi connectivity index (χ1) is 12.2. The zero-order valence-corrected chi connectivity index (χ0v) is 14.7. The number of amides is 1. The third-order valence-electron chi connectivity index (χ3n) is 5.12. The van der Waals surface area contributed by atoms with Crippen molar-refractivity contribution in [2.24, 2.45) is 11.8 Å². The van der Waals surface area contributed by atoms with Gasteiger partial charge in [-0.25, -0.2) is 4.98 Å². The predicted octanol–water partition coefficient (Wildman–Crippen LogP) is 3.05. The highest BCUT2D eigenvalue weighted by Crippen LogP contribution is 2.32. The summed E-state index contributed by atoms with van der Waals surface area (Å²) in [5.41, 5.74) is 2.12. The number of nitrogens with one attached hydrogen (secondary N) is 2. The van der Waals surface area contributed by atoms with Crippen LogP contribution in [0, 0.1) is 18.8 Å². The van der Waals surface area contributed by atoms with Crippen LogP contribution >= 0.6 is 0 Å². The second-order valence-electron chi connectivity index (χ2n) is 7.32. The van der Waals surface area contributed by atoms with Gasteiger partial charge in [0.1, 0.15) is 5.82 Å². The fourth-order valence-corrected chi connectivity index (χ4v) is 3.52. The molecule has 1 aliphatic heterocycles. The molecule has 0 aromatic carbocycles. The van der Waals surface area contributed by atoms with Gasteiger partial charge in [0.15, 0.2) is 5.82 Å². The fraction of sp³-hybridized carbons (Fsp3) is 0.526. The van der Waals surface area contributed by atoms with E-state index in [-0.39, 0.29) is 0 Å². The lowest BCUT2D eigenvalue weighted by molar-refractivity contribution is -0.133. The van der Waals surface area contributed by atoms with Crippen LogP contribution < -0.4 is 5.32 Å². The minimum atomic E-state index is 0.339. The van der Waals surface area contributed by atoms with Crippen molar-refractivity contribution in [3.05, 3.63) is 35.7 Å². The number of carbonyl (C=O) groups excluding carboxylic acids is 1. The van der Waals surface area contributed by atoms with Gasteiger partial charge in [-0.2, -0.15) is 5.10 Å². The zero-order valence-electron chi connectivity index (χ0n) is 14.7. The third-order valence-corrected chi connectivity index (χ3v) is 5.12. The van der Waals surface area contributed by atoms with Crippen LogP contribution in [0.2, 0.25) is 0 Å². The lowest BCUT2D eigenvalue weighted by Gasteiger charge is -2.32. The van der Waals surface area contributed by atoms with E-state index >= 15 is 0 Å². The number of nitrogens with zero attached hydrogens (tertiary/aromatic N) is 3. The number of anilines is 2. The Morgan fingerprint density at radius 1 is 1.24 bits per heavy atom. The largest absolute Gasteiger partial charge is 0.342 e. The van der Waals surface area contributed by atoms with E-state index in [1.54, 1.807) is 0 Å². The molecule has 25 heavy (non-hydrogen) atoms. The number of piperidine rings is 1. The molecular formula is C19H25N5O. The van der Waals surface area contributed by atoms with Crippen molar-refractivity contribution in [1.29, 1.82) is 0 Å². The van der Waals surface area contributed by atoms with E-state index in [9.17, 15) is 4.79 Å². The van der Waals surface area contributed by atoms with Gasteiger partial charge in [-0.05, 0) is 57.1 Å². The second-order valence-corrected chi connectivity index (χ2v) is 7.32. The van der Waals surface area contributed by atoms with E-state index < -0.39 is 0 Å². The first kappa shape index (κ1) is 16.1. The average Bonchev–Trinajstić information content (AvgIpc) is 3.38. The SMILES string of the molecule is Cc1cc(Nc2cccc(CC3CCN(C(=O)C4CC4)CC3)n2)n[nH]1. The van der Waals surface area contributed by atoms with Crippen LogP contribution in [0.25, 0.3) is 0 Å². The molecule has 1 saturated carbocycles. The van der Waals surface area contributed by atoms with Gasteiger partial charge in [0.25, 0.3) is 0 Å². The summed E-state index contributed by atoms with van der Waals surface area (Å²) in [6.07, 6.45) is 5.32. The molecule has 4 rings (SSSR count). The van der Waals surface area contributed by atoms with Crippen LogP contribution in [0.4, 0.5) is 11.6 Å². The molecule has 6 heteroatoms. The smallest absolute Gasteiger partial charge is 0.225 e. The van der Waals surface area contributed by atoms with E-state index in [0.29, 0.717) is 17.7 Å². The van der Waals surface area contributed by atoms with Gasteiger partial charge in [0.05, 0.1) is 0 Å². The highest BCUT2D eigenvalue weighted by atomic mass is 16.2. The predicted molar refractivity (Wildman–Crippen MR) is 96.6 cm³/mol. The Morgan fingerprint density at radius 3 is 2.72 bits per heavy atom. The highest BCUT2D eigenvalue weighted by molar-refractivity contribution is 5.81. The van der Waals surface area contributed by atoms with E-state index in [4.69, 9.17) is 4.98 Å². The Bertz CT molecular complexity index is 744. The Labute approximate surface area is 148 Å². The number of aromatic amines is 1. The minimum absolute atomic E-state index is 0.339. The van der Waals surface area contributed by atoms with Gasteiger partial charge in [-0.3, -0.25) is 9.89 Å². The monoisotopic (exact) mass is 339 g/mol. The fourth-order valence-electron chi connectivity index (χ4n) is 3.52. The zero-order chi connectivity index (χ0) is 17.2. The Balaban J connectivity index is 1.32. The summed E-state index contributed by atoms with van der Waals surface area (Å²) in [6, 6.07) is 8.05. The Kier molecular flexibility index (Phi) is 4.42. The Morgan fingerprint density at radius 2 is 2.04 bits per heavy atom. The quantitative estimate of drug-likeness (QED) is 0.878. The number of carbonyl (C=O) groups is 1. The summed E-state index contributed by atoms with van der Waals surface area (Å²) >= 11 is 0. The van der Waals surface area contributed by atoms with Crippen LogP contribution in [-0.4, -0.2) is 39.1 Å². The normalized spacial score (nSPS) is 18.4. The van der Waals surface area contributed by atoms with Crippen molar-refractivity contribution in [3.8, 4) is 0 Å². The summed E-state index contributed by atoms with van der Waals surface area (Å²) in [6.45, 7) is 3.79. The van der Waals surface area contributed by atoms with Crippen molar-refractivity contribution in [2.75, 3.05) is 18.4 Å². The van der Waals surface area contributed by atoms with Crippen molar-refractivity contribution in [1.82, 2.24) is 20.1 Å². The molecule has 6 nitrogen and oxygen atoms in total. The molecule has 2 fully saturated rings. The number of likely N-dealkylation sites (tertiary alicyclic amines) is 1. The standard InChI is InChI=1S/C19H25N5O/c1-13-11-18(23-22-13)21-17-4-2-3-16(20-17)12-14-7-9-24(10-8-14)19(25)15-5-6-15/h2-4,11,14-15H,5-10,12H2,1H3,(H2,20,21,22,23). The van der Waals surface area contributed by atoms with Crippen molar-refractivity contribution in [2.45, 2.75) is 39.0 Å². The molecule has 2 aliphatic rings. The number of hydrogen-bond acceptors (Lipinski definition) is 4. The summed E-state index contributed by atoms with van der Waals surface area (Å²) in [4.78, 5) is 18.9. The van der Waals surface area contributed by atoms with Crippen LogP contribution in [-0.2, 0) is 11.2 Å². The maximum Gasteiger partial charge on any atom is 0.225 e. The molecule has 0 radical (unpaired) electrons. The van der Waals surface area contributed by atoms with Crippen LogP contribution in [0.3, 0.4) is 0 Å². The number of H-pyrrole nitrogens is 1. The van der Waals surface area contributed by atoms with Gasteiger partial charge >= 0.3 is 0 Å². The topological polar surface area (TPSA) is 73.9 Å². The van der Waals surface area contributed by atoms with E-state index in [1.807, 2.05) is 25.1 Å². The van der Waals surface area contributed by atoms with Gasteiger partial charge in [-0.1, -0.05) is 6.07 Å². The average molecular weight is 339 g/mol.